The number of carbonyl (C=O) groups is 1. The summed E-state index contributed by atoms with van der Waals surface area (Å²) < 4.78 is 5.28. The Kier molecular flexibility index (Phi) is 4.39. The second-order valence-electron chi connectivity index (χ2n) is 4.33. The van der Waals surface area contributed by atoms with E-state index in [1.54, 1.807) is 7.11 Å². The number of hydrogen-bond acceptors (Lipinski definition) is 4. The van der Waals surface area contributed by atoms with Gasteiger partial charge in [0.15, 0.2) is 0 Å². The van der Waals surface area contributed by atoms with E-state index in [0.717, 1.165) is 23.4 Å². The summed E-state index contributed by atoms with van der Waals surface area (Å²) in [6.07, 6.45) is 0.834. The summed E-state index contributed by atoms with van der Waals surface area (Å²) in [5, 5.41) is 6.81. The van der Waals surface area contributed by atoms with E-state index in [2.05, 4.69) is 10.5 Å². The van der Waals surface area contributed by atoms with Gasteiger partial charge < -0.3 is 14.9 Å². The molecule has 5 nitrogen and oxygen atoms in total. The Morgan fingerprint density at radius 1 is 1.53 bits per heavy atom. The fourth-order valence-corrected chi connectivity index (χ4v) is 1.92. The van der Waals surface area contributed by atoms with Gasteiger partial charge in [0, 0.05) is 18.5 Å². The topological polar surface area (TPSA) is 59.9 Å². The Labute approximate surface area is 112 Å². The molecule has 0 fully saturated rings. The van der Waals surface area contributed by atoms with Gasteiger partial charge in [0.2, 0.25) is 6.10 Å². The van der Waals surface area contributed by atoms with Crippen molar-refractivity contribution in [3.8, 4) is 5.75 Å². The summed E-state index contributed by atoms with van der Waals surface area (Å²) in [7, 11) is 1.61. The van der Waals surface area contributed by atoms with Crippen molar-refractivity contribution in [1.29, 1.82) is 0 Å². The van der Waals surface area contributed by atoms with Crippen LogP contribution in [0.1, 0.15) is 25.3 Å². The average molecular weight is 262 g/mol. The molecule has 19 heavy (non-hydrogen) atoms. The van der Waals surface area contributed by atoms with Crippen molar-refractivity contribution in [3.63, 3.8) is 0 Å². The van der Waals surface area contributed by atoms with Crippen LogP contribution in [0, 0.1) is 0 Å². The number of benzene rings is 1. The first-order chi connectivity index (χ1) is 9.26. The summed E-state index contributed by atoms with van der Waals surface area (Å²) in [5.41, 5.74) is 1.62. The van der Waals surface area contributed by atoms with Crippen molar-refractivity contribution < 1.29 is 14.4 Å². The molecule has 1 aliphatic rings. The summed E-state index contributed by atoms with van der Waals surface area (Å²) >= 11 is 0. The van der Waals surface area contributed by atoms with Crippen molar-refractivity contribution in [3.05, 3.63) is 29.8 Å². The number of oxime groups is 1. The lowest BCUT2D eigenvalue weighted by molar-refractivity contribution is -0.131. The second-order valence-corrected chi connectivity index (χ2v) is 4.33. The molecular weight excluding hydrogens is 244 g/mol. The molecule has 5 heteroatoms. The van der Waals surface area contributed by atoms with E-state index in [1.807, 2.05) is 31.2 Å². The summed E-state index contributed by atoms with van der Waals surface area (Å²) in [4.78, 5) is 17.0. The molecule has 0 bridgehead atoms. The maximum Gasteiger partial charge on any atom is 0.264 e. The highest BCUT2D eigenvalue weighted by Gasteiger charge is 2.29. The molecule has 1 heterocycles. The quantitative estimate of drug-likeness (QED) is 0.878. The number of methoxy groups -OCH3 is 1. The van der Waals surface area contributed by atoms with Gasteiger partial charge in [-0.05, 0) is 18.6 Å². The number of nitrogens with one attached hydrogen (secondary N) is 1. The molecule has 0 spiro atoms. The third-order valence-electron chi connectivity index (χ3n) is 2.93. The molecule has 1 amide bonds. The number of hydrogen-bond donors (Lipinski definition) is 1. The van der Waals surface area contributed by atoms with Crippen LogP contribution in [0.2, 0.25) is 0 Å². The lowest BCUT2D eigenvalue weighted by atomic mass is 10.0. The molecule has 102 valence electrons. The van der Waals surface area contributed by atoms with E-state index in [0.29, 0.717) is 13.0 Å². The smallest absolute Gasteiger partial charge is 0.264 e. The molecule has 1 atom stereocenters. The number of carbonyl (C=O) groups excluding carboxylic acids is 1. The predicted octanol–water partition coefficient (Wildman–Crippen LogP) is 1.71. The average Bonchev–Trinajstić information content (AvgIpc) is 2.94. The zero-order chi connectivity index (χ0) is 13.7. The van der Waals surface area contributed by atoms with Crippen LogP contribution in [-0.4, -0.2) is 31.4 Å². The highest BCUT2D eigenvalue weighted by atomic mass is 16.6. The van der Waals surface area contributed by atoms with E-state index in [9.17, 15) is 4.79 Å². The standard InChI is InChI=1S/C14H18N2O3/c1-3-8-15-14(17)13-9-11(16-19-13)10-6-4-5-7-12(10)18-2/h4-7,13H,3,8-9H2,1-2H3,(H,15,17)/t13-/m0/s1. The minimum atomic E-state index is -0.536. The SMILES string of the molecule is CCCNC(=O)[C@@H]1CC(c2ccccc2OC)=NO1. The van der Waals surface area contributed by atoms with Crippen molar-refractivity contribution in [1.82, 2.24) is 5.32 Å². The summed E-state index contributed by atoms with van der Waals surface area (Å²) in [5.74, 6) is 0.620. The van der Waals surface area contributed by atoms with Gasteiger partial charge >= 0.3 is 0 Å². The molecule has 0 saturated carbocycles. The van der Waals surface area contributed by atoms with Crippen LogP contribution < -0.4 is 10.1 Å². The summed E-state index contributed by atoms with van der Waals surface area (Å²) in [6.45, 7) is 2.66. The van der Waals surface area contributed by atoms with Gasteiger partial charge in [-0.25, -0.2) is 0 Å². The van der Waals surface area contributed by atoms with Gasteiger partial charge in [-0.1, -0.05) is 24.2 Å². The maximum atomic E-state index is 11.8. The van der Waals surface area contributed by atoms with Crippen LogP contribution in [0.25, 0.3) is 0 Å². The van der Waals surface area contributed by atoms with Crippen LogP contribution in [0.5, 0.6) is 5.75 Å². The largest absolute Gasteiger partial charge is 0.496 e. The van der Waals surface area contributed by atoms with Gasteiger partial charge in [-0.15, -0.1) is 0 Å². The predicted molar refractivity (Wildman–Crippen MR) is 72.3 cm³/mol. The van der Waals surface area contributed by atoms with Crippen LogP contribution >= 0.6 is 0 Å². The molecular formula is C14H18N2O3. The monoisotopic (exact) mass is 262 g/mol. The zero-order valence-electron chi connectivity index (χ0n) is 11.2. The number of rotatable bonds is 5. The number of nitrogens with zero attached hydrogens (tertiary/aromatic N) is 1. The molecule has 0 radical (unpaired) electrons. The molecule has 2 rings (SSSR count). The van der Waals surface area contributed by atoms with Crippen LogP contribution in [0.4, 0.5) is 0 Å². The minimum absolute atomic E-state index is 0.115. The van der Waals surface area contributed by atoms with Crippen molar-refractivity contribution in [2.75, 3.05) is 13.7 Å². The van der Waals surface area contributed by atoms with Crippen molar-refractivity contribution in [2.45, 2.75) is 25.9 Å². The van der Waals surface area contributed by atoms with E-state index < -0.39 is 6.10 Å². The molecule has 0 unspecified atom stereocenters. The first-order valence-corrected chi connectivity index (χ1v) is 6.40. The normalized spacial score (nSPS) is 17.6. The lowest BCUT2D eigenvalue weighted by Crippen LogP contribution is -2.35. The number of amides is 1. The first kappa shape index (κ1) is 13.4. The van der Waals surface area contributed by atoms with Gasteiger partial charge in [-0.3, -0.25) is 4.79 Å². The van der Waals surface area contributed by atoms with Gasteiger partial charge in [-0.2, -0.15) is 0 Å². The first-order valence-electron chi connectivity index (χ1n) is 6.40. The second kappa shape index (κ2) is 6.22. The molecule has 1 aromatic rings. The molecule has 0 aliphatic carbocycles. The Bertz CT molecular complexity index is 485. The van der Waals surface area contributed by atoms with Gasteiger partial charge in [0.05, 0.1) is 12.8 Å². The Hall–Kier alpha value is -2.04. The van der Waals surface area contributed by atoms with E-state index in [1.165, 1.54) is 0 Å². The van der Waals surface area contributed by atoms with Gasteiger partial charge in [0.1, 0.15) is 5.75 Å². The zero-order valence-corrected chi connectivity index (χ0v) is 11.2. The van der Waals surface area contributed by atoms with E-state index >= 15 is 0 Å². The Balaban J connectivity index is 2.03. The fraction of sp³-hybridized carbons (Fsp3) is 0.429. The molecule has 0 aromatic heterocycles. The molecule has 1 aromatic carbocycles. The fourth-order valence-electron chi connectivity index (χ4n) is 1.92. The molecule has 0 saturated heterocycles. The van der Waals surface area contributed by atoms with E-state index in [4.69, 9.17) is 9.57 Å². The summed E-state index contributed by atoms with van der Waals surface area (Å²) in [6, 6.07) is 7.57. The van der Waals surface area contributed by atoms with Crippen LogP contribution in [0.3, 0.4) is 0 Å². The Morgan fingerprint density at radius 2 is 2.32 bits per heavy atom. The maximum absolute atomic E-state index is 11.8. The highest BCUT2D eigenvalue weighted by molar-refractivity contribution is 6.05. The molecule has 1 aliphatic heterocycles. The van der Waals surface area contributed by atoms with Crippen LogP contribution in [0.15, 0.2) is 29.4 Å². The molecule has 1 N–H and O–H groups in total. The van der Waals surface area contributed by atoms with Crippen molar-refractivity contribution in [2.24, 2.45) is 5.16 Å². The lowest BCUT2D eigenvalue weighted by Gasteiger charge is -2.09. The third-order valence-corrected chi connectivity index (χ3v) is 2.93. The minimum Gasteiger partial charge on any atom is -0.496 e. The number of para-hydroxylation sites is 1. The van der Waals surface area contributed by atoms with Crippen LogP contribution in [-0.2, 0) is 9.63 Å². The Morgan fingerprint density at radius 3 is 3.05 bits per heavy atom. The highest BCUT2D eigenvalue weighted by Crippen LogP contribution is 2.24. The van der Waals surface area contributed by atoms with E-state index in [-0.39, 0.29) is 5.91 Å². The number of ether oxygens (including phenoxy) is 1. The van der Waals surface area contributed by atoms with Crippen molar-refractivity contribution >= 4 is 11.6 Å². The van der Waals surface area contributed by atoms with Gasteiger partial charge in [0.25, 0.3) is 5.91 Å². The third kappa shape index (κ3) is 3.05.